The molecule has 0 radical (unpaired) electrons. The van der Waals surface area contributed by atoms with Crippen molar-refractivity contribution in [2.45, 2.75) is 39.3 Å². The summed E-state index contributed by atoms with van der Waals surface area (Å²) in [7, 11) is 1.23. The summed E-state index contributed by atoms with van der Waals surface area (Å²) in [5.74, 6) is -0.603. The molecule has 2 atom stereocenters. The Labute approximate surface area is 126 Å². The minimum absolute atomic E-state index is 0.0929. The Morgan fingerprint density at radius 3 is 2.16 bits per heavy atom. The van der Waals surface area contributed by atoms with Crippen molar-refractivity contribution < 1.29 is 19.1 Å². The Kier molecular flexibility index (Phi) is 8.44. The SMILES string of the molecule is COC(=O)N[C@H](C(=O)N[C@@H](C)CC(=O)NI)C(C)C. The van der Waals surface area contributed by atoms with Gasteiger partial charge in [-0.2, -0.15) is 0 Å². The molecule has 8 heteroatoms. The molecule has 0 unspecified atom stereocenters. The summed E-state index contributed by atoms with van der Waals surface area (Å²) in [4.78, 5) is 34.3. The standard InChI is InChI=1S/C11H20IN3O4/c1-6(2)9(14-11(18)19-4)10(17)13-7(3)5-8(16)15-12/h6-7,9H,5H2,1-4H3,(H,13,17)(H,14,18)(H,15,16)/t7-,9-/m0/s1. The molecule has 0 heterocycles. The average molecular weight is 385 g/mol. The molecule has 0 saturated carbocycles. The van der Waals surface area contributed by atoms with Crippen molar-refractivity contribution in [3.63, 3.8) is 0 Å². The molecule has 19 heavy (non-hydrogen) atoms. The molecular formula is C11H20IN3O4. The first-order valence-electron chi connectivity index (χ1n) is 5.86. The van der Waals surface area contributed by atoms with Crippen LogP contribution < -0.4 is 14.2 Å². The van der Waals surface area contributed by atoms with E-state index in [2.05, 4.69) is 18.9 Å². The van der Waals surface area contributed by atoms with Gasteiger partial charge in [0, 0.05) is 12.5 Å². The van der Waals surface area contributed by atoms with E-state index in [1.165, 1.54) is 7.11 Å². The highest BCUT2D eigenvalue weighted by atomic mass is 127. The quantitative estimate of drug-likeness (QED) is 0.464. The highest BCUT2D eigenvalue weighted by Crippen LogP contribution is 2.03. The highest BCUT2D eigenvalue weighted by molar-refractivity contribution is 14.1. The van der Waals surface area contributed by atoms with Crippen molar-refractivity contribution in [1.82, 2.24) is 14.2 Å². The summed E-state index contributed by atoms with van der Waals surface area (Å²) in [6, 6.07) is -1.01. The first-order valence-corrected chi connectivity index (χ1v) is 6.94. The molecule has 7 nitrogen and oxygen atoms in total. The molecule has 0 aliphatic carbocycles. The van der Waals surface area contributed by atoms with Crippen LogP contribution in [0.3, 0.4) is 0 Å². The average Bonchev–Trinajstić information content (AvgIpc) is 2.34. The number of methoxy groups -OCH3 is 1. The monoisotopic (exact) mass is 385 g/mol. The molecule has 0 fully saturated rings. The maximum Gasteiger partial charge on any atom is 0.407 e. The topological polar surface area (TPSA) is 96.5 Å². The van der Waals surface area contributed by atoms with Gasteiger partial charge in [0.1, 0.15) is 6.04 Å². The number of carbonyl (C=O) groups is 3. The summed E-state index contributed by atoms with van der Waals surface area (Å²) in [6.07, 6.45) is -0.482. The largest absolute Gasteiger partial charge is 0.453 e. The van der Waals surface area contributed by atoms with Gasteiger partial charge in [0.2, 0.25) is 11.8 Å². The molecule has 0 aliphatic rings. The van der Waals surface area contributed by atoms with Crippen LogP contribution in [-0.2, 0) is 14.3 Å². The van der Waals surface area contributed by atoms with Crippen molar-refractivity contribution in [3.8, 4) is 0 Å². The first kappa shape index (κ1) is 17.9. The van der Waals surface area contributed by atoms with Crippen molar-refractivity contribution in [3.05, 3.63) is 0 Å². The Morgan fingerprint density at radius 2 is 1.74 bits per heavy atom. The van der Waals surface area contributed by atoms with Crippen LogP contribution in [-0.4, -0.2) is 37.1 Å². The van der Waals surface area contributed by atoms with Crippen LogP contribution >= 0.6 is 22.9 Å². The predicted octanol–water partition coefficient (Wildman–Crippen LogP) is 0.728. The summed E-state index contributed by atoms with van der Waals surface area (Å²) in [5, 5.41) is 5.15. The lowest BCUT2D eigenvalue weighted by atomic mass is 10.0. The Hall–Kier alpha value is -1.06. The second kappa shape index (κ2) is 8.94. The Bertz CT molecular complexity index is 336. The van der Waals surface area contributed by atoms with E-state index in [4.69, 9.17) is 0 Å². The number of alkyl carbamates (subject to hydrolysis) is 1. The molecule has 0 rings (SSSR count). The van der Waals surface area contributed by atoms with E-state index < -0.39 is 12.1 Å². The van der Waals surface area contributed by atoms with Crippen LogP contribution in [0.2, 0.25) is 0 Å². The van der Waals surface area contributed by atoms with E-state index in [9.17, 15) is 14.4 Å². The molecule has 0 bridgehead atoms. The fourth-order valence-electron chi connectivity index (χ4n) is 1.42. The van der Waals surface area contributed by atoms with Gasteiger partial charge in [-0.1, -0.05) is 13.8 Å². The fourth-order valence-corrected chi connectivity index (χ4v) is 1.64. The molecule has 110 valence electrons. The van der Waals surface area contributed by atoms with E-state index in [1.54, 1.807) is 29.8 Å². The van der Waals surface area contributed by atoms with Gasteiger partial charge >= 0.3 is 6.09 Å². The van der Waals surface area contributed by atoms with Crippen LogP contribution in [0.15, 0.2) is 0 Å². The third-order valence-corrected chi connectivity index (χ3v) is 3.00. The van der Waals surface area contributed by atoms with E-state index in [-0.39, 0.29) is 30.2 Å². The lowest BCUT2D eigenvalue weighted by molar-refractivity contribution is -0.125. The zero-order valence-corrected chi connectivity index (χ0v) is 13.6. The number of ether oxygens (including phenoxy) is 1. The summed E-state index contributed by atoms with van der Waals surface area (Å²) < 4.78 is 6.93. The van der Waals surface area contributed by atoms with Crippen LogP contribution in [0.1, 0.15) is 27.2 Å². The van der Waals surface area contributed by atoms with Gasteiger partial charge in [0.25, 0.3) is 0 Å². The van der Waals surface area contributed by atoms with E-state index in [1.807, 2.05) is 13.8 Å². The van der Waals surface area contributed by atoms with Gasteiger partial charge in [0.15, 0.2) is 0 Å². The number of hydrogen-bond donors (Lipinski definition) is 3. The van der Waals surface area contributed by atoms with Crippen LogP contribution in [0.4, 0.5) is 4.79 Å². The lowest BCUT2D eigenvalue weighted by Crippen LogP contribution is -2.52. The summed E-state index contributed by atoms with van der Waals surface area (Å²) in [6.45, 7) is 5.34. The molecule has 0 saturated heterocycles. The van der Waals surface area contributed by atoms with Gasteiger partial charge in [-0.05, 0) is 12.8 Å². The Balaban J connectivity index is 4.48. The third-order valence-electron chi connectivity index (χ3n) is 2.39. The van der Waals surface area contributed by atoms with E-state index in [0.29, 0.717) is 0 Å². The van der Waals surface area contributed by atoms with Crippen molar-refractivity contribution >= 4 is 40.8 Å². The van der Waals surface area contributed by atoms with Crippen molar-refractivity contribution in [2.24, 2.45) is 5.92 Å². The maximum absolute atomic E-state index is 12.0. The number of nitrogens with one attached hydrogen (secondary N) is 3. The number of halogens is 1. The molecule has 3 N–H and O–H groups in total. The number of carbonyl (C=O) groups excluding carboxylic acids is 3. The molecule has 0 aromatic carbocycles. The third kappa shape index (κ3) is 7.19. The number of amides is 3. The zero-order valence-electron chi connectivity index (χ0n) is 11.5. The molecule has 0 aliphatic heterocycles. The lowest BCUT2D eigenvalue weighted by Gasteiger charge is -2.23. The highest BCUT2D eigenvalue weighted by Gasteiger charge is 2.25. The van der Waals surface area contributed by atoms with E-state index in [0.717, 1.165) is 0 Å². The Morgan fingerprint density at radius 1 is 1.16 bits per heavy atom. The normalized spacial score (nSPS) is 13.4. The molecule has 0 aromatic heterocycles. The second-order valence-corrected chi connectivity index (χ2v) is 5.03. The van der Waals surface area contributed by atoms with Gasteiger partial charge in [-0.25, -0.2) is 4.79 Å². The zero-order chi connectivity index (χ0) is 15.0. The van der Waals surface area contributed by atoms with Crippen LogP contribution in [0.25, 0.3) is 0 Å². The molecule has 0 aromatic rings. The number of rotatable bonds is 6. The second-order valence-electron chi connectivity index (χ2n) is 4.49. The molecule has 3 amide bonds. The summed E-state index contributed by atoms with van der Waals surface area (Å²) in [5.41, 5.74) is 0. The fraction of sp³-hybridized carbons (Fsp3) is 0.727. The predicted molar refractivity (Wildman–Crippen MR) is 78.6 cm³/mol. The maximum atomic E-state index is 12.0. The van der Waals surface area contributed by atoms with E-state index >= 15 is 0 Å². The van der Waals surface area contributed by atoms with Crippen molar-refractivity contribution in [2.75, 3.05) is 7.11 Å². The van der Waals surface area contributed by atoms with Gasteiger partial charge in [-0.3, -0.25) is 13.1 Å². The minimum Gasteiger partial charge on any atom is -0.453 e. The smallest absolute Gasteiger partial charge is 0.407 e. The van der Waals surface area contributed by atoms with Gasteiger partial charge in [-0.15, -0.1) is 0 Å². The van der Waals surface area contributed by atoms with Crippen molar-refractivity contribution in [1.29, 1.82) is 0 Å². The number of hydrogen-bond acceptors (Lipinski definition) is 4. The van der Waals surface area contributed by atoms with Gasteiger partial charge < -0.3 is 15.4 Å². The van der Waals surface area contributed by atoms with Gasteiger partial charge in [0.05, 0.1) is 30.0 Å². The summed E-state index contributed by atoms with van der Waals surface area (Å²) >= 11 is 1.74. The first-order chi connectivity index (χ1) is 8.81. The molecular weight excluding hydrogens is 365 g/mol. The minimum atomic E-state index is -0.697. The molecule has 0 spiro atoms. The van der Waals surface area contributed by atoms with Crippen LogP contribution in [0.5, 0.6) is 0 Å². The van der Waals surface area contributed by atoms with Crippen LogP contribution in [0, 0.1) is 5.92 Å².